The van der Waals surface area contributed by atoms with Gasteiger partial charge >= 0.3 is 0 Å². The highest BCUT2D eigenvalue weighted by Gasteiger charge is 2.01. The normalized spacial score (nSPS) is 10.2. The summed E-state index contributed by atoms with van der Waals surface area (Å²) in [4.78, 5) is 0. The summed E-state index contributed by atoms with van der Waals surface area (Å²) >= 11 is 5.18. The minimum atomic E-state index is -0.185. The van der Waals surface area contributed by atoms with Gasteiger partial charge in [-0.25, -0.2) is 4.39 Å². The highest BCUT2D eigenvalue weighted by molar-refractivity contribution is 7.80. The van der Waals surface area contributed by atoms with Crippen molar-refractivity contribution in [3.05, 3.63) is 65.5 Å². The van der Waals surface area contributed by atoms with E-state index < -0.39 is 0 Å². The summed E-state index contributed by atoms with van der Waals surface area (Å²) in [6.07, 6.45) is 1.40. The van der Waals surface area contributed by atoms with E-state index in [0.29, 0.717) is 30.2 Å². The molecule has 3 nitrogen and oxygen atoms in total. The third-order valence-corrected chi connectivity index (χ3v) is 3.56. The number of benzene rings is 2. The van der Waals surface area contributed by atoms with E-state index in [4.69, 9.17) is 12.2 Å². The Kier molecular flexibility index (Phi) is 6.15. The molecule has 0 saturated heterocycles. The van der Waals surface area contributed by atoms with Gasteiger partial charge in [0.15, 0.2) is 5.11 Å². The molecule has 0 amide bonds. The van der Waals surface area contributed by atoms with E-state index >= 15 is 0 Å². The lowest BCUT2D eigenvalue weighted by molar-refractivity contribution is 0.475. The molecule has 0 bridgehead atoms. The predicted molar refractivity (Wildman–Crippen MR) is 90.5 cm³/mol. The van der Waals surface area contributed by atoms with Crippen LogP contribution in [0.4, 0.5) is 4.39 Å². The Morgan fingerprint density at radius 3 is 2.27 bits per heavy atom. The molecule has 0 aliphatic rings. The number of hydrogen-bond acceptors (Lipinski definition) is 2. The van der Waals surface area contributed by atoms with Gasteiger partial charge in [-0.05, 0) is 54.4 Å². The van der Waals surface area contributed by atoms with E-state index in [2.05, 4.69) is 10.6 Å². The van der Waals surface area contributed by atoms with Crippen LogP contribution in [0.3, 0.4) is 0 Å². The molecule has 0 atom stereocenters. The number of phenols is 1. The van der Waals surface area contributed by atoms with Crippen LogP contribution in [0.5, 0.6) is 5.75 Å². The molecule has 0 unspecified atom stereocenters. The fourth-order valence-corrected chi connectivity index (χ4v) is 2.26. The molecule has 2 aromatic rings. The summed E-state index contributed by atoms with van der Waals surface area (Å²) in [5, 5.41) is 16.0. The van der Waals surface area contributed by atoms with Crippen LogP contribution in [-0.4, -0.2) is 23.3 Å². The molecule has 3 N–H and O–H groups in total. The van der Waals surface area contributed by atoms with Gasteiger partial charge in [0, 0.05) is 13.1 Å². The van der Waals surface area contributed by atoms with Crippen molar-refractivity contribution in [3.63, 3.8) is 0 Å². The lowest BCUT2D eigenvalue weighted by Crippen LogP contribution is -2.37. The average molecular weight is 318 g/mol. The molecule has 2 rings (SSSR count). The van der Waals surface area contributed by atoms with Crippen molar-refractivity contribution in [2.45, 2.75) is 12.8 Å². The summed E-state index contributed by atoms with van der Waals surface area (Å²) in [7, 11) is 0. The quantitative estimate of drug-likeness (QED) is 0.717. The largest absolute Gasteiger partial charge is 0.508 e. The summed E-state index contributed by atoms with van der Waals surface area (Å²) in [6.45, 7) is 1.29. The molecule has 0 saturated carbocycles. The summed E-state index contributed by atoms with van der Waals surface area (Å²) in [5.41, 5.74) is 1.81. The Morgan fingerprint density at radius 2 is 1.59 bits per heavy atom. The smallest absolute Gasteiger partial charge is 0.166 e. The van der Waals surface area contributed by atoms with Crippen molar-refractivity contribution >= 4 is 17.3 Å². The van der Waals surface area contributed by atoms with Crippen LogP contribution in [-0.2, 0) is 12.8 Å². The first-order valence-corrected chi connectivity index (χ1v) is 7.59. The predicted octanol–water partition coefficient (Wildman–Crippen LogP) is 2.78. The number of halogens is 1. The summed E-state index contributed by atoms with van der Waals surface area (Å²) in [5.74, 6) is 0.0811. The molecule has 0 aromatic heterocycles. The molecule has 0 heterocycles. The summed E-state index contributed by atoms with van der Waals surface area (Å²) in [6, 6.07) is 13.8. The number of hydrogen-bond donors (Lipinski definition) is 3. The number of thiocarbonyl (C=S) groups is 1. The van der Waals surface area contributed by atoms with Crippen molar-refractivity contribution in [3.8, 4) is 5.75 Å². The number of aromatic hydroxyl groups is 1. The van der Waals surface area contributed by atoms with Gasteiger partial charge in [-0.3, -0.25) is 0 Å². The van der Waals surface area contributed by atoms with Crippen LogP contribution in [0.2, 0.25) is 0 Å². The highest BCUT2D eigenvalue weighted by atomic mass is 32.1. The van der Waals surface area contributed by atoms with E-state index in [9.17, 15) is 9.50 Å². The van der Waals surface area contributed by atoms with E-state index in [1.807, 2.05) is 18.2 Å². The minimum Gasteiger partial charge on any atom is -0.508 e. The van der Waals surface area contributed by atoms with Crippen LogP contribution in [0.15, 0.2) is 48.5 Å². The molecular formula is C17H19FN2OS. The monoisotopic (exact) mass is 318 g/mol. The van der Waals surface area contributed by atoms with Crippen molar-refractivity contribution in [1.29, 1.82) is 0 Å². The van der Waals surface area contributed by atoms with Crippen molar-refractivity contribution < 1.29 is 9.50 Å². The maximum Gasteiger partial charge on any atom is 0.166 e. The molecule has 0 aliphatic carbocycles. The third-order valence-electron chi connectivity index (χ3n) is 3.27. The van der Waals surface area contributed by atoms with Crippen molar-refractivity contribution in [1.82, 2.24) is 10.6 Å². The average Bonchev–Trinajstić information content (AvgIpc) is 2.51. The van der Waals surface area contributed by atoms with E-state index in [-0.39, 0.29) is 11.6 Å². The standard InChI is InChI=1S/C17H19FN2OS/c18-16-4-2-1-3-14(16)10-12-20-17(22)19-11-9-13-5-7-15(21)8-6-13/h1-8,21H,9-12H2,(H2,19,20,22). The first-order chi connectivity index (χ1) is 10.6. The van der Waals surface area contributed by atoms with Crippen LogP contribution in [0.1, 0.15) is 11.1 Å². The molecule has 2 aromatic carbocycles. The Bertz CT molecular complexity index is 616. The number of rotatable bonds is 6. The fraction of sp³-hybridized carbons (Fsp3) is 0.235. The molecule has 0 aliphatic heterocycles. The van der Waals surface area contributed by atoms with Crippen LogP contribution >= 0.6 is 12.2 Å². The maximum atomic E-state index is 13.4. The van der Waals surface area contributed by atoms with E-state index in [1.165, 1.54) is 6.07 Å². The third kappa shape index (κ3) is 5.33. The van der Waals surface area contributed by atoms with Crippen LogP contribution in [0.25, 0.3) is 0 Å². The zero-order valence-electron chi connectivity index (χ0n) is 12.2. The molecule has 116 valence electrons. The van der Waals surface area contributed by atoms with Gasteiger partial charge in [0.25, 0.3) is 0 Å². The molecule has 0 radical (unpaired) electrons. The lowest BCUT2D eigenvalue weighted by atomic mass is 10.1. The van der Waals surface area contributed by atoms with Gasteiger partial charge in [0.2, 0.25) is 0 Å². The van der Waals surface area contributed by atoms with Gasteiger partial charge in [-0.2, -0.15) is 0 Å². The zero-order valence-corrected chi connectivity index (χ0v) is 13.0. The first-order valence-electron chi connectivity index (χ1n) is 7.18. The Labute approximate surface area is 135 Å². The van der Waals surface area contributed by atoms with Crippen molar-refractivity contribution in [2.24, 2.45) is 0 Å². The van der Waals surface area contributed by atoms with Gasteiger partial charge in [0.1, 0.15) is 11.6 Å². The molecule has 5 heteroatoms. The van der Waals surface area contributed by atoms with Crippen LogP contribution < -0.4 is 10.6 Å². The minimum absolute atomic E-state index is 0.185. The number of nitrogens with one attached hydrogen (secondary N) is 2. The van der Waals surface area contributed by atoms with Gasteiger partial charge in [-0.15, -0.1) is 0 Å². The van der Waals surface area contributed by atoms with Crippen molar-refractivity contribution in [2.75, 3.05) is 13.1 Å². The van der Waals surface area contributed by atoms with Gasteiger partial charge in [-0.1, -0.05) is 30.3 Å². The fourth-order valence-electron chi connectivity index (χ4n) is 2.06. The van der Waals surface area contributed by atoms with Gasteiger partial charge in [0.05, 0.1) is 0 Å². The molecule has 0 fully saturated rings. The van der Waals surface area contributed by atoms with E-state index in [1.54, 1.807) is 24.3 Å². The lowest BCUT2D eigenvalue weighted by Gasteiger charge is -2.11. The highest BCUT2D eigenvalue weighted by Crippen LogP contribution is 2.09. The number of phenolic OH excluding ortho intramolecular Hbond substituents is 1. The zero-order chi connectivity index (χ0) is 15.8. The second kappa shape index (κ2) is 8.34. The molecule has 22 heavy (non-hydrogen) atoms. The Balaban J connectivity index is 1.64. The Hall–Kier alpha value is -2.14. The van der Waals surface area contributed by atoms with E-state index in [0.717, 1.165) is 12.0 Å². The second-order valence-electron chi connectivity index (χ2n) is 4.94. The molecular weight excluding hydrogens is 299 g/mol. The Morgan fingerprint density at radius 1 is 0.955 bits per heavy atom. The maximum absolute atomic E-state index is 13.4. The topological polar surface area (TPSA) is 44.3 Å². The SMILES string of the molecule is Oc1ccc(CCNC(=S)NCCc2ccccc2F)cc1. The van der Waals surface area contributed by atoms with Gasteiger partial charge < -0.3 is 15.7 Å². The second-order valence-corrected chi connectivity index (χ2v) is 5.35. The molecule has 0 spiro atoms. The van der Waals surface area contributed by atoms with Crippen LogP contribution in [0, 0.1) is 5.82 Å². The first kappa shape index (κ1) is 16.2. The summed E-state index contributed by atoms with van der Waals surface area (Å²) < 4.78 is 13.4.